The van der Waals surface area contributed by atoms with E-state index in [4.69, 9.17) is 4.42 Å². The Morgan fingerprint density at radius 3 is 2.72 bits per heavy atom. The molecule has 0 aromatic carbocycles. The highest BCUT2D eigenvalue weighted by atomic mass is 32.1. The monoisotopic (exact) mass is 362 g/mol. The minimum absolute atomic E-state index is 0.174. The van der Waals surface area contributed by atoms with Crippen molar-refractivity contribution in [3.63, 3.8) is 0 Å². The molecule has 25 heavy (non-hydrogen) atoms. The lowest BCUT2D eigenvalue weighted by Gasteiger charge is -2.13. The summed E-state index contributed by atoms with van der Waals surface area (Å²) in [5.74, 6) is -1.31. The molecule has 3 N–H and O–H groups in total. The van der Waals surface area contributed by atoms with Gasteiger partial charge >= 0.3 is 5.97 Å². The van der Waals surface area contributed by atoms with Crippen LogP contribution in [0.4, 0.5) is 5.00 Å². The van der Waals surface area contributed by atoms with E-state index < -0.39 is 23.8 Å². The van der Waals surface area contributed by atoms with Crippen LogP contribution in [0.25, 0.3) is 0 Å². The van der Waals surface area contributed by atoms with Gasteiger partial charge in [0, 0.05) is 0 Å². The summed E-state index contributed by atoms with van der Waals surface area (Å²) in [7, 11) is 0. The normalized spacial score (nSPS) is 14.8. The zero-order valence-electron chi connectivity index (χ0n) is 13.6. The summed E-state index contributed by atoms with van der Waals surface area (Å²) >= 11 is 1.10. The molecule has 3 rings (SSSR count). The summed E-state index contributed by atoms with van der Waals surface area (Å²) in [4.78, 5) is 36.1. The molecular formula is C17H18N2O5S. The van der Waals surface area contributed by atoms with Gasteiger partial charge in [-0.25, -0.2) is 4.79 Å². The van der Waals surface area contributed by atoms with Crippen molar-refractivity contribution in [1.29, 1.82) is 0 Å². The van der Waals surface area contributed by atoms with Crippen LogP contribution in [-0.2, 0) is 4.79 Å². The van der Waals surface area contributed by atoms with E-state index >= 15 is 0 Å². The lowest BCUT2D eigenvalue weighted by Crippen LogP contribution is -2.41. The molecule has 1 saturated carbocycles. The Hall–Kier alpha value is -2.61. The van der Waals surface area contributed by atoms with E-state index in [1.54, 1.807) is 25.1 Å². The number of amides is 2. The molecule has 0 aliphatic heterocycles. The summed E-state index contributed by atoms with van der Waals surface area (Å²) < 4.78 is 5.02. The predicted molar refractivity (Wildman–Crippen MR) is 91.9 cm³/mol. The highest BCUT2D eigenvalue weighted by molar-refractivity contribution is 7.18. The van der Waals surface area contributed by atoms with Crippen LogP contribution in [-0.4, -0.2) is 28.9 Å². The molecule has 132 valence electrons. The third-order valence-corrected chi connectivity index (χ3v) is 5.13. The summed E-state index contributed by atoms with van der Waals surface area (Å²) in [5.41, 5.74) is 0.674. The molecule has 0 radical (unpaired) electrons. The van der Waals surface area contributed by atoms with Gasteiger partial charge in [-0.1, -0.05) is 12.8 Å². The number of hydrogen-bond acceptors (Lipinski definition) is 5. The lowest BCUT2D eigenvalue weighted by molar-refractivity contribution is -0.139. The molecule has 0 saturated heterocycles. The molecule has 2 aromatic rings. The number of aliphatic carboxylic acids is 1. The quantitative estimate of drug-likeness (QED) is 0.702. The minimum atomic E-state index is -1.03. The van der Waals surface area contributed by atoms with Gasteiger partial charge in [0.15, 0.2) is 5.76 Å². The number of carbonyl (C=O) groups excluding carboxylic acids is 2. The van der Waals surface area contributed by atoms with Crippen molar-refractivity contribution < 1.29 is 23.9 Å². The molecular weight excluding hydrogens is 344 g/mol. The van der Waals surface area contributed by atoms with E-state index in [0.29, 0.717) is 27.8 Å². The fraction of sp³-hybridized carbons (Fsp3) is 0.353. The lowest BCUT2D eigenvalue weighted by atomic mass is 10.1. The molecule has 1 atom stereocenters. The smallest absolute Gasteiger partial charge is 0.326 e. The van der Waals surface area contributed by atoms with Crippen molar-refractivity contribution >= 4 is 34.1 Å². The van der Waals surface area contributed by atoms with Crippen molar-refractivity contribution in [2.24, 2.45) is 5.92 Å². The topological polar surface area (TPSA) is 109 Å². The summed E-state index contributed by atoms with van der Waals surface area (Å²) in [5, 5.41) is 15.0. The van der Waals surface area contributed by atoms with Crippen LogP contribution in [0.15, 0.2) is 28.9 Å². The van der Waals surface area contributed by atoms with Gasteiger partial charge in [-0.3, -0.25) is 9.59 Å². The molecule has 0 bridgehead atoms. The molecule has 1 aliphatic carbocycles. The van der Waals surface area contributed by atoms with Gasteiger partial charge in [0.05, 0.1) is 16.1 Å². The number of nitrogens with one attached hydrogen (secondary N) is 2. The minimum Gasteiger partial charge on any atom is -0.480 e. The maximum absolute atomic E-state index is 12.4. The number of hydrogen-bond donors (Lipinski definition) is 3. The van der Waals surface area contributed by atoms with E-state index in [-0.39, 0.29) is 5.76 Å². The molecule has 1 fully saturated rings. The standard InChI is InChI=1S/C17H18N2O5S/c1-9-7-13(19-15(20)12-3-2-6-24-12)25-14(9)16(21)18-11(17(22)23)8-10-4-5-10/h2-3,6-7,10-11H,4-5,8H2,1H3,(H,18,21)(H,19,20)(H,22,23). The Bertz CT molecular complexity index is 792. The van der Waals surface area contributed by atoms with Gasteiger partial charge in [-0.2, -0.15) is 0 Å². The number of thiophene rings is 1. The molecule has 2 amide bonds. The molecule has 7 nitrogen and oxygen atoms in total. The van der Waals surface area contributed by atoms with Crippen LogP contribution in [0.3, 0.4) is 0 Å². The fourth-order valence-electron chi connectivity index (χ4n) is 2.48. The average molecular weight is 362 g/mol. The maximum Gasteiger partial charge on any atom is 0.326 e. The van der Waals surface area contributed by atoms with Gasteiger partial charge < -0.3 is 20.2 Å². The van der Waals surface area contributed by atoms with Crippen LogP contribution in [0.5, 0.6) is 0 Å². The summed E-state index contributed by atoms with van der Waals surface area (Å²) in [6, 6.07) is 3.94. The van der Waals surface area contributed by atoms with Crippen LogP contribution in [0, 0.1) is 12.8 Å². The van der Waals surface area contributed by atoms with Crippen LogP contribution < -0.4 is 10.6 Å². The number of carbonyl (C=O) groups is 3. The first-order valence-electron chi connectivity index (χ1n) is 7.93. The van der Waals surface area contributed by atoms with E-state index in [2.05, 4.69) is 10.6 Å². The zero-order valence-corrected chi connectivity index (χ0v) is 14.4. The second kappa shape index (κ2) is 7.10. The fourth-order valence-corrected chi connectivity index (χ4v) is 3.45. The Kier molecular flexibility index (Phi) is 4.89. The Balaban J connectivity index is 1.67. The summed E-state index contributed by atoms with van der Waals surface area (Å²) in [6.07, 6.45) is 3.88. The van der Waals surface area contributed by atoms with E-state index in [1.807, 2.05) is 0 Å². The van der Waals surface area contributed by atoms with Crippen LogP contribution in [0.2, 0.25) is 0 Å². The Labute approximate surface area is 148 Å². The zero-order chi connectivity index (χ0) is 18.0. The second-order valence-electron chi connectivity index (χ2n) is 6.10. The van der Waals surface area contributed by atoms with Crippen LogP contribution in [0.1, 0.15) is 45.1 Å². The Morgan fingerprint density at radius 1 is 1.36 bits per heavy atom. The SMILES string of the molecule is Cc1cc(NC(=O)c2ccco2)sc1C(=O)NC(CC1CC1)C(=O)O. The predicted octanol–water partition coefficient (Wildman–Crippen LogP) is 2.88. The molecule has 2 heterocycles. The molecule has 2 aromatic heterocycles. The Morgan fingerprint density at radius 2 is 2.12 bits per heavy atom. The molecule has 0 spiro atoms. The van der Waals surface area contributed by atoms with E-state index in [1.165, 1.54) is 6.26 Å². The van der Waals surface area contributed by atoms with Crippen molar-refractivity contribution in [2.45, 2.75) is 32.2 Å². The van der Waals surface area contributed by atoms with Gasteiger partial charge in [-0.15, -0.1) is 11.3 Å². The van der Waals surface area contributed by atoms with Crippen molar-refractivity contribution in [1.82, 2.24) is 5.32 Å². The second-order valence-corrected chi connectivity index (χ2v) is 7.15. The third kappa shape index (κ3) is 4.27. The molecule has 1 aliphatic rings. The average Bonchev–Trinajstić information content (AvgIpc) is 3.06. The summed E-state index contributed by atoms with van der Waals surface area (Å²) in [6.45, 7) is 1.74. The first-order chi connectivity index (χ1) is 11.9. The first kappa shape index (κ1) is 17.2. The third-order valence-electron chi connectivity index (χ3n) is 3.98. The molecule has 8 heteroatoms. The number of carboxylic acids is 1. The van der Waals surface area contributed by atoms with Gasteiger partial charge in [0.2, 0.25) is 0 Å². The number of furan rings is 1. The van der Waals surface area contributed by atoms with Gasteiger partial charge in [-0.05, 0) is 43.0 Å². The largest absolute Gasteiger partial charge is 0.480 e. The maximum atomic E-state index is 12.4. The van der Waals surface area contributed by atoms with Gasteiger partial charge in [0.1, 0.15) is 6.04 Å². The van der Waals surface area contributed by atoms with Crippen LogP contribution >= 0.6 is 11.3 Å². The van der Waals surface area contributed by atoms with Crippen molar-refractivity contribution in [3.05, 3.63) is 40.7 Å². The highest BCUT2D eigenvalue weighted by Gasteiger charge is 2.31. The van der Waals surface area contributed by atoms with E-state index in [0.717, 1.165) is 24.2 Å². The van der Waals surface area contributed by atoms with E-state index in [9.17, 15) is 19.5 Å². The highest BCUT2D eigenvalue weighted by Crippen LogP contribution is 2.34. The number of aryl methyl sites for hydroxylation is 1. The van der Waals surface area contributed by atoms with Gasteiger partial charge in [0.25, 0.3) is 11.8 Å². The number of rotatable bonds is 7. The number of carboxylic acid groups (broad SMARTS) is 1. The van der Waals surface area contributed by atoms with Crippen molar-refractivity contribution in [3.8, 4) is 0 Å². The van der Waals surface area contributed by atoms with Crippen molar-refractivity contribution in [2.75, 3.05) is 5.32 Å². The first-order valence-corrected chi connectivity index (χ1v) is 8.74. The molecule has 1 unspecified atom stereocenters. The number of anilines is 1.